The third-order valence-electron chi connectivity index (χ3n) is 5.88. The standard InChI is InChI=1S/C27H28ClN3O4/c1-18(32)3-6-21-13-20(17-31-9-11-35-12-10-31)14-23-25(21)29-15-24(26(23)33)27(34)30(2)16-19-4-7-22(28)8-5-19/h4-5,7-8,13-15,18,32H,9-12,16-17H2,1-2H3,(H,29,33)/t18-/m0/s1. The first-order valence-electron chi connectivity index (χ1n) is 11.5. The molecule has 0 bridgehead atoms. The van der Waals surface area contributed by atoms with Crippen LogP contribution in [0.25, 0.3) is 10.9 Å². The summed E-state index contributed by atoms with van der Waals surface area (Å²) in [7, 11) is 1.66. The van der Waals surface area contributed by atoms with E-state index < -0.39 is 6.10 Å². The first-order chi connectivity index (χ1) is 16.8. The molecule has 1 aliphatic heterocycles. The Bertz CT molecular complexity index is 1330. The van der Waals surface area contributed by atoms with Gasteiger partial charge < -0.3 is 19.7 Å². The van der Waals surface area contributed by atoms with Gasteiger partial charge in [-0.1, -0.05) is 35.6 Å². The largest absolute Gasteiger partial charge is 0.381 e. The van der Waals surface area contributed by atoms with Crippen molar-refractivity contribution in [2.24, 2.45) is 0 Å². The zero-order valence-electron chi connectivity index (χ0n) is 19.8. The lowest BCUT2D eigenvalue weighted by atomic mass is 10.0. The van der Waals surface area contributed by atoms with E-state index in [0.717, 1.165) is 24.2 Å². The summed E-state index contributed by atoms with van der Waals surface area (Å²) in [6.45, 7) is 5.51. The van der Waals surface area contributed by atoms with Crippen LogP contribution in [0.3, 0.4) is 0 Å². The molecule has 35 heavy (non-hydrogen) atoms. The molecule has 2 aromatic carbocycles. The maximum absolute atomic E-state index is 13.5. The van der Waals surface area contributed by atoms with E-state index in [1.807, 2.05) is 24.3 Å². The summed E-state index contributed by atoms with van der Waals surface area (Å²) in [6, 6.07) is 11.0. The summed E-state index contributed by atoms with van der Waals surface area (Å²) in [6.07, 6.45) is 0.641. The monoisotopic (exact) mass is 493 g/mol. The molecular weight excluding hydrogens is 466 g/mol. The van der Waals surface area contributed by atoms with Crippen LogP contribution in [0.5, 0.6) is 0 Å². The number of hydrogen-bond donors (Lipinski definition) is 2. The Morgan fingerprint density at radius 1 is 1.23 bits per heavy atom. The number of ether oxygens (including phenoxy) is 1. The lowest BCUT2D eigenvalue weighted by molar-refractivity contribution is 0.0342. The van der Waals surface area contributed by atoms with Gasteiger partial charge in [0, 0.05) is 55.4 Å². The average molecular weight is 494 g/mol. The van der Waals surface area contributed by atoms with E-state index in [1.165, 1.54) is 11.1 Å². The van der Waals surface area contributed by atoms with Gasteiger partial charge >= 0.3 is 0 Å². The molecule has 7 nitrogen and oxygen atoms in total. The average Bonchev–Trinajstić information content (AvgIpc) is 2.84. The minimum atomic E-state index is -0.804. The van der Waals surface area contributed by atoms with Gasteiger partial charge in [-0.2, -0.15) is 0 Å². The van der Waals surface area contributed by atoms with Gasteiger partial charge in [0.1, 0.15) is 11.7 Å². The van der Waals surface area contributed by atoms with E-state index >= 15 is 0 Å². The molecule has 0 aliphatic carbocycles. The van der Waals surface area contributed by atoms with Crippen LogP contribution in [0.15, 0.2) is 47.4 Å². The van der Waals surface area contributed by atoms with Crippen LogP contribution in [-0.2, 0) is 17.8 Å². The van der Waals surface area contributed by atoms with Crippen LogP contribution in [-0.4, -0.2) is 65.3 Å². The molecule has 1 fully saturated rings. The van der Waals surface area contributed by atoms with Crippen molar-refractivity contribution in [3.8, 4) is 11.8 Å². The fourth-order valence-corrected chi connectivity index (χ4v) is 4.21. The van der Waals surface area contributed by atoms with Crippen molar-refractivity contribution >= 4 is 28.4 Å². The molecule has 1 aromatic heterocycles. The number of rotatable bonds is 5. The van der Waals surface area contributed by atoms with Gasteiger partial charge in [-0.05, 0) is 42.3 Å². The highest BCUT2D eigenvalue weighted by Crippen LogP contribution is 2.20. The van der Waals surface area contributed by atoms with E-state index in [9.17, 15) is 14.7 Å². The summed E-state index contributed by atoms with van der Waals surface area (Å²) in [5.41, 5.74) is 2.69. The maximum atomic E-state index is 13.5. The number of hydrogen-bond acceptors (Lipinski definition) is 5. The normalized spacial score (nSPS) is 14.9. The lowest BCUT2D eigenvalue weighted by Gasteiger charge is -2.26. The number of nitrogens with zero attached hydrogens (tertiary/aromatic N) is 2. The number of benzene rings is 2. The predicted molar refractivity (Wildman–Crippen MR) is 136 cm³/mol. The Morgan fingerprint density at radius 3 is 2.63 bits per heavy atom. The van der Waals surface area contributed by atoms with Gasteiger partial charge in [0.2, 0.25) is 5.43 Å². The Hall–Kier alpha value is -3.15. The summed E-state index contributed by atoms with van der Waals surface area (Å²) < 4.78 is 5.43. The van der Waals surface area contributed by atoms with Crippen LogP contribution in [0, 0.1) is 11.8 Å². The fourth-order valence-electron chi connectivity index (χ4n) is 4.08. The highest BCUT2D eigenvalue weighted by molar-refractivity contribution is 6.30. The minimum absolute atomic E-state index is 0.0620. The molecule has 1 saturated heterocycles. The molecule has 1 amide bonds. The van der Waals surface area contributed by atoms with E-state index in [1.54, 1.807) is 26.1 Å². The van der Waals surface area contributed by atoms with Gasteiger partial charge in [0.15, 0.2) is 0 Å². The van der Waals surface area contributed by atoms with Crippen molar-refractivity contribution in [1.29, 1.82) is 0 Å². The molecule has 2 N–H and O–H groups in total. The molecular formula is C27H28ClN3O4. The molecule has 0 spiro atoms. The summed E-state index contributed by atoms with van der Waals surface area (Å²) in [5.74, 6) is 5.36. The van der Waals surface area contributed by atoms with E-state index in [2.05, 4.69) is 21.7 Å². The highest BCUT2D eigenvalue weighted by Gasteiger charge is 2.19. The molecule has 1 aliphatic rings. The third-order valence-corrected chi connectivity index (χ3v) is 6.14. The molecule has 8 heteroatoms. The maximum Gasteiger partial charge on any atom is 0.259 e. The second-order valence-electron chi connectivity index (χ2n) is 8.72. The molecule has 182 valence electrons. The minimum Gasteiger partial charge on any atom is -0.381 e. The zero-order valence-corrected chi connectivity index (χ0v) is 20.6. The second kappa shape index (κ2) is 11.1. The number of aliphatic hydroxyl groups excluding tert-OH is 1. The number of aromatic amines is 1. The highest BCUT2D eigenvalue weighted by atomic mass is 35.5. The number of halogens is 1. The number of aliphatic hydroxyl groups is 1. The smallest absolute Gasteiger partial charge is 0.259 e. The SMILES string of the molecule is C[C@H](O)C#Cc1cc(CN2CCOCC2)cc2c(=O)c(C(=O)N(C)Cc3ccc(Cl)cc3)c[nH]c12. The van der Waals surface area contributed by atoms with E-state index in [0.29, 0.717) is 47.8 Å². The third kappa shape index (κ3) is 6.11. The Morgan fingerprint density at radius 2 is 1.94 bits per heavy atom. The molecule has 1 atom stereocenters. The van der Waals surface area contributed by atoms with Crippen molar-refractivity contribution < 1.29 is 14.6 Å². The Kier molecular flexibility index (Phi) is 7.89. The molecule has 0 unspecified atom stereocenters. The van der Waals surface area contributed by atoms with Crippen LogP contribution >= 0.6 is 11.6 Å². The van der Waals surface area contributed by atoms with Crippen LogP contribution in [0.2, 0.25) is 5.02 Å². The van der Waals surface area contributed by atoms with Crippen molar-refractivity contribution in [3.63, 3.8) is 0 Å². The first-order valence-corrected chi connectivity index (χ1v) is 11.9. The number of morpholine rings is 1. The second-order valence-corrected chi connectivity index (χ2v) is 9.16. The molecule has 0 saturated carbocycles. The van der Waals surface area contributed by atoms with Crippen molar-refractivity contribution in [1.82, 2.24) is 14.8 Å². The molecule has 3 aromatic rings. The van der Waals surface area contributed by atoms with Crippen LogP contribution < -0.4 is 5.43 Å². The topological polar surface area (TPSA) is 85.9 Å². The number of carbonyl (C=O) groups excluding carboxylic acids is 1. The number of fused-ring (bicyclic) bond motifs is 1. The molecule has 0 radical (unpaired) electrons. The number of pyridine rings is 1. The predicted octanol–water partition coefficient (Wildman–Crippen LogP) is 3.02. The van der Waals surface area contributed by atoms with E-state index in [4.69, 9.17) is 16.3 Å². The molecule has 4 rings (SSSR count). The van der Waals surface area contributed by atoms with Gasteiger partial charge in [0.25, 0.3) is 5.91 Å². The first kappa shape index (κ1) is 25.0. The van der Waals surface area contributed by atoms with Crippen LogP contribution in [0.1, 0.15) is 34.0 Å². The number of amides is 1. The Labute approximate surface area is 209 Å². The van der Waals surface area contributed by atoms with Gasteiger partial charge in [-0.3, -0.25) is 14.5 Å². The zero-order chi connectivity index (χ0) is 24.9. The van der Waals surface area contributed by atoms with Crippen molar-refractivity contribution in [2.75, 3.05) is 33.4 Å². The Balaban J connectivity index is 1.70. The van der Waals surface area contributed by atoms with Crippen molar-refractivity contribution in [2.45, 2.75) is 26.1 Å². The van der Waals surface area contributed by atoms with E-state index in [-0.39, 0.29) is 16.9 Å². The number of carbonyl (C=O) groups is 1. The van der Waals surface area contributed by atoms with Crippen molar-refractivity contribution in [3.05, 3.63) is 80.1 Å². The number of H-pyrrole nitrogens is 1. The fraction of sp³-hybridized carbons (Fsp3) is 0.333. The number of nitrogens with one attached hydrogen (secondary N) is 1. The van der Waals surface area contributed by atoms with Gasteiger partial charge in [0.05, 0.1) is 18.7 Å². The van der Waals surface area contributed by atoms with Gasteiger partial charge in [-0.25, -0.2) is 0 Å². The summed E-state index contributed by atoms with van der Waals surface area (Å²) in [5, 5.41) is 10.7. The molecule has 2 heterocycles. The van der Waals surface area contributed by atoms with Crippen LogP contribution in [0.4, 0.5) is 0 Å². The summed E-state index contributed by atoms with van der Waals surface area (Å²) >= 11 is 5.95. The van der Waals surface area contributed by atoms with Gasteiger partial charge in [-0.15, -0.1) is 0 Å². The number of aromatic nitrogens is 1. The summed E-state index contributed by atoms with van der Waals surface area (Å²) in [4.78, 5) is 33.5. The quantitative estimate of drug-likeness (QED) is 0.534. The lowest BCUT2D eigenvalue weighted by Crippen LogP contribution is -2.35.